The van der Waals surface area contributed by atoms with Gasteiger partial charge in [-0.3, -0.25) is 14.2 Å². The fraction of sp³-hybridized carbons (Fsp3) is 0.409. The minimum atomic E-state index is -0.606. The lowest BCUT2D eigenvalue weighted by Gasteiger charge is -2.26. The van der Waals surface area contributed by atoms with E-state index in [1.54, 1.807) is 30.0 Å². The maximum Gasteiger partial charge on any atom is 0.333 e. The number of aromatic hydroxyl groups is 1. The number of esters is 1. The molecule has 1 aliphatic heterocycles. The van der Waals surface area contributed by atoms with Crippen LogP contribution < -0.4 is 24.2 Å². The predicted molar refractivity (Wildman–Crippen MR) is 121 cm³/mol. The Bertz CT molecular complexity index is 1170. The van der Waals surface area contributed by atoms with Crippen molar-refractivity contribution in [2.45, 2.75) is 13.5 Å². The zero-order chi connectivity index (χ0) is 24.0. The van der Waals surface area contributed by atoms with E-state index in [0.29, 0.717) is 36.5 Å². The summed E-state index contributed by atoms with van der Waals surface area (Å²) >= 11 is 1.05. The molecule has 2 aromatic rings. The van der Waals surface area contributed by atoms with Crippen LogP contribution in [0, 0.1) is 0 Å². The second-order valence-corrected chi connectivity index (χ2v) is 8.07. The van der Waals surface area contributed by atoms with Crippen LogP contribution in [-0.2, 0) is 25.6 Å². The van der Waals surface area contributed by atoms with Gasteiger partial charge in [-0.1, -0.05) is 0 Å². The van der Waals surface area contributed by atoms with Crippen molar-refractivity contribution in [2.24, 2.45) is 0 Å². The summed E-state index contributed by atoms with van der Waals surface area (Å²) in [6.07, 6.45) is 2.78. The van der Waals surface area contributed by atoms with Gasteiger partial charge in [0.1, 0.15) is 11.2 Å². The van der Waals surface area contributed by atoms with Crippen molar-refractivity contribution in [3.8, 4) is 17.2 Å². The molecule has 0 spiro atoms. The first-order valence-corrected chi connectivity index (χ1v) is 11.1. The summed E-state index contributed by atoms with van der Waals surface area (Å²) in [7, 11) is 2.81. The normalized spacial score (nSPS) is 14.9. The Balaban J connectivity index is 2.09. The first-order valence-electron chi connectivity index (χ1n) is 10.3. The lowest BCUT2D eigenvalue weighted by Crippen LogP contribution is -2.45. The number of nitrogens with zero attached hydrogens (tertiary/aromatic N) is 2. The number of benzene rings is 1. The summed E-state index contributed by atoms with van der Waals surface area (Å²) < 4.78 is 22.4. The highest BCUT2D eigenvalue weighted by molar-refractivity contribution is 7.07. The smallest absolute Gasteiger partial charge is 0.333 e. The number of amides is 1. The molecule has 11 heteroatoms. The Morgan fingerprint density at radius 2 is 1.82 bits per heavy atom. The Morgan fingerprint density at radius 3 is 2.39 bits per heavy atom. The standard InChI is InChI=1S/C22H26N2O8S/c1-4-32-20(26)12-19-24(13-18(25)23-5-7-31-8-6-23)22(28)17(33-19)11-14-9-15(29-2)21(27)16(10-14)30-3/h9-12,27H,4-8,13H2,1-3H3/b17-11-,19-12+. The van der Waals surface area contributed by atoms with Crippen molar-refractivity contribution in [3.63, 3.8) is 0 Å². The third kappa shape index (κ3) is 5.74. The first kappa shape index (κ1) is 24.3. The minimum Gasteiger partial charge on any atom is -0.502 e. The molecule has 0 unspecified atom stereocenters. The highest BCUT2D eigenvalue weighted by Crippen LogP contribution is 2.37. The van der Waals surface area contributed by atoms with Gasteiger partial charge in [-0.2, -0.15) is 0 Å². The fourth-order valence-corrected chi connectivity index (χ4v) is 4.30. The van der Waals surface area contributed by atoms with Crippen LogP contribution >= 0.6 is 11.3 Å². The number of carbonyl (C=O) groups excluding carboxylic acids is 2. The number of carbonyl (C=O) groups is 2. The Hall–Kier alpha value is -3.31. The van der Waals surface area contributed by atoms with Gasteiger partial charge in [0, 0.05) is 13.1 Å². The largest absolute Gasteiger partial charge is 0.502 e. The fourth-order valence-electron chi connectivity index (χ4n) is 3.27. The van der Waals surface area contributed by atoms with Crippen molar-refractivity contribution < 1.29 is 33.6 Å². The zero-order valence-electron chi connectivity index (χ0n) is 18.7. The Kier molecular flexibility index (Phi) is 8.12. The number of phenols is 1. The lowest BCUT2D eigenvalue weighted by atomic mass is 10.1. The van der Waals surface area contributed by atoms with E-state index in [-0.39, 0.29) is 40.8 Å². The monoisotopic (exact) mass is 478 g/mol. The molecule has 1 fully saturated rings. The number of methoxy groups -OCH3 is 2. The number of hydrogen-bond acceptors (Lipinski definition) is 9. The van der Waals surface area contributed by atoms with Crippen LogP contribution in [0.4, 0.5) is 0 Å². The molecule has 1 aromatic heterocycles. The van der Waals surface area contributed by atoms with E-state index in [2.05, 4.69) is 0 Å². The van der Waals surface area contributed by atoms with Crippen molar-refractivity contribution in [1.29, 1.82) is 0 Å². The van der Waals surface area contributed by atoms with Crippen molar-refractivity contribution in [2.75, 3.05) is 47.1 Å². The van der Waals surface area contributed by atoms with E-state index < -0.39 is 11.5 Å². The highest BCUT2D eigenvalue weighted by atomic mass is 32.1. The van der Waals surface area contributed by atoms with Gasteiger partial charge in [0.15, 0.2) is 11.5 Å². The van der Waals surface area contributed by atoms with Gasteiger partial charge in [-0.05, 0) is 30.7 Å². The summed E-state index contributed by atoms with van der Waals surface area (Å²) in [6.45, 7) is 3.42. The van der Waals surface area contributed by atoms with E-state index in [1.165, 1.54) is 24.9 Å². The zero-order valence-corrected chi connectivity index (χ0v) is 19.5. The van der Waals surface area contributed by atoms with Crippen molar-refractivity contribution in [3.05, 3.63) is 37.2 Å². The molecule has 3 rings (SSSR count). The highest BCUT2D eigenvalue weighted by Gasteiger charge is 2.19. The molecule has 10 nitrogen and oxygen atoms in total. The van der Waals surface area contributed by atoms with Gasteiger partial charge in [-0.15, -0.1) is 11.3 Å². The van der Waals surface area contributed by atoms with Gasteiger partial charge in [0.2, 0.25) is 11.7 Å². The molecule has 0 saturated carbocycles. The number of thiazole rings is 1. The summed E-state index contributed by atoms with van der Waals surface area (Å²) in [4.78, 5) is 39.7. The number of phenolic OH excluding ortho intramolecular Hbond substituents is 1. The van der Waals surface area contributed by atoms with Crippen LogP contribution in [0.1, 0.15) is 12.5 Å². The van der Waals surface area contributed by atoms with Crippen LogP contribution in [-0.4, -0.2) is 73.6 Å². The SMILES string of the molecule is CCOC(=O)/C=c1/s/c(=C\c2cc(OC)c(O)c(OC)c2)c(=O)n1CC(=O)N1CCOCC1. The summed E-state index contributed by atoms with van der Waals surface area (Å²) in [6, 6.07) is 3.10. The quantitative estimate of drug-likeness (QED) is 0.538. The van der Waals surface area contributed by atoms with Crippen molar-refractivity contribution in [1.82, 2.24) is 9.47 Å². The maximum absolute atomic E-state index is 13.2. The van der Waals surface area contributed by atoms with Gasteiger partial charge in [-0.25, -0.2) is 4.79 Å². The van der Waals surface area contributed by atoms with Crippen LogP contribution in [0.25, 0.3) is 12.2 Å². The molecule has 0 aliphatic carbocycles. The molecule has 0 atom stereocenters. The summed E-state index contributed by atoms with van der Waals surface area (Å²) in [5, 5.41) is 10.1. The summed E-state index contributed by atoms with van der Waals surface area (Å²) in [5.74, 6) is -0.646. The minimum absolute atomic E-state index is 0.159. The molecule has 1 N–H and O–H groups in total. The molecular weight excluding hydrogens is 452 g/mol. The van der Waals surface area contributed by atoms with E-state index in [4.69, 9.17) is 18.9 Å². The van der Waals surface area contributed by atoms with E-state index in [9.17, 15) is 19.5 Å². The Morgan fingerprint density at radius 1 is 1.18 bits per heavy atom. The van der Waals surface area contributed by atoms with E-state index in [1.807, 2.05) is 0 Å². The topological polar surface area (TPSA) is 117 Å². The predicted octanol–water partition coefficient (Wildman–Crippen LogP) is -0.336. The molecule has 0 bridgehead atoms. The molecule has 2 heterocycles. The number of ether oxygens (including phenoxy) is 4. The van der Waals surface area contributed by atoms with Crippen LogP contribution in [0.2, 0.25) is 0 Å². The Labute approximate surface area is 193 Å². The first-order chi connectivity index (χ1) is 15.9. The average molecular weight is 479 g/mol. The second kappa shape index (κ2) is 11.0. The maximum atomic E-state index is 13.2. The molecule has 1 amide bonds. The molecule has 33 heavy (non-hydrogen) atoms. The number of hydrogen-bond donors (Lipinski definition) is 1. The van der Waals surface area contributed by atoms with Crippen LogP contribution in [0.15, 0.2) is 16.9 Å². The van der Waals surface area contributed by atoms with Crippen molar-refractivity contribution >= 4 is 35.4 Å². The van der Waals surface area contributed by atoms with E-state index in [0.717, 1.165) is 11.3 Å². The molecule has 0 radical (unpaired) electrons. The van der Waals surface area contributed by atoms with Gasteiger partial charge in [0.25, 0.3) is 5.56 Å². The van der Waals surface area contributed by atoms with Gasteiger partial charge >= 0.3 is 5.97 Å². The second-order valence-electron chi connectivity index (χ2n) is 7.00. The number of morpholine rings is 1. The molecule has 1 aliphatic rings. The van der Waals surface area contributed by atoms with Gasteiger partial charge < -0.3 is 29.0 Å². The molecule has 178 valence electrons. The van der Waals surface area contributed by atoms with Crippen LogP contribution in [0.3, 0.4) is 0 Å². The molecule has 1 aromatic carbocycles. The number of aromatic nitrogens is 1. The lowest BCUT2D eigenvalue weighted by molar-refractivity contribution is -0.136. The number of rotatable bonds is 7. The van der Waals surface area contributed by atoms with Crippen LogP contribution in [0.5, 0.6) is 17.2 Å². The molecule has 1 saturated heterocycles. The summed E-state index contributed by atoms with van der Waals surface area (Å²) in [5.41, 5.74) is 0.109. The third-order valence-corrected chi connectivity index (χ3v) is 5.98. The van der Waals surface area contributed by atoms with Gasteiger partial charge in [0.05, 0.1) is 44.6 Å². The van der Waals surface area contributed by atoms with E-state index >= 15 is 0 Å². The average Bonchev–Trinajstić information content (AvgIpc) is 3.09. The third-order valence-electron chi connectivity index (χ3n) is 4.92. The molecular formula is C22H26N2O8S.